The lowest BCUT2D eigenvalue weighted by Gasteiger charge is -1.96. The Kier molecular flexibility index (Phi) is 2.75. The maximum atomic E-state index is 12.7. The molecule has 0 spiro atoms. The zero-order valence-corrected chi connectivity index (χ0v) is 6.75. The lowest BCUT2D eigenvalue weighted by molar-refractivity contribution is -0.104. The van der Waals surface area contributed by atoms with Crippen molar-refractivity contribution in [3.63, 3.8) is 0 Å². The predicted molar refractivity (Wildman–Crippen MR) is 46.2 cm³/mol. The van der Waals surface area contributed by atoms with Crippen molar-refractivity contribution in [2.24, 2.45) is 0 Å². The predicted octanol–water partition coefficient (Wildman–Crippen LogP) is 2.35. The van der Waals surface area contributed by atoms with Crippen molar-refractivity contribution in [2.75, 3.05) is 0 Å². The molecule has 0 saturated heterocycles. The molecule has 0 aliphatic heterocycles. The average Bonchev–Trinajstić information content (AvgIpc) is 2.07. The fourth-order valence-electron chi connectivity index (χ4n) is 0.922. The Morgan fingerprint density at radius 2 is 2.17 bits per heavy atom. The largest absolute Gasteiger partial charge is 0.299 e. The minimum Gasteiger partial charge on any atom is -0.299 e. The van der Waals surface area contributed by atoms with Crippen molar-refractivity contribution < 1.29 is 9.18 Å². The number of carbonyl (C=O) groups excluding carboxylic acids is 1. The third-order valence-corrected chi connectivity index (χ3v) is 1.55. The summed E-state index contributed by atoms with van der Waals surface area (Å²) >= 11 is 0. The molecule has 0 aromatic heterocycles. The van der Waals surface area contributed by atoms with E-state index < -0.39 is 0 Å². The van der Waals surface area contributed by atoms with Crippen LogP contribution >= 0.6 is 0 Å². The Morgan fingerprint density at radius 3 is 2.75 bits per heavy atom. The second kappa shape index (κ2) is 3.81. The van der Waals surface area contributed by atoms with Crippen LogP contribution in [0.25, 0.3) is 6.08 Å². The van der Waals surface area contributed by atoms with Crippen LogP contribution < -0.4 is 0 Å². The number of allylic oxidation sites excluding steroid dienone is 1. The molecule has 1 nitrogen and oxygen atoms in total. The summed E-state index contributed by atoms with van der Waals surface area (Å²) in [7, 11) is 0. The van der Waals surface area contributed by atoms with E-state index in [1.165, 1.54) is 12.1 Å². The maximum Gasteiger partial charge on any atom is 0.142 e. The molecular weight excluding hydrogens is 155 g/mol. The van der Waals surface area contributed by atoms with Gasteiger partial charge in [-0.15, -0.1) is 0 Å². The van der Waals surface area contributed by atoms with Gasteiger partial charge in [-0.2, -0.15) is 0 Å². The molecule has 0 unspecified atom stereocenters. The molecule has 0 heterocycles. The van der Waals surface area contributed by atoms with Crippen molar-refractivity contribution >= 4 is 12.4 Å². The highest BCUT2D eigenvalue weighted by Crippen LogP contribution is 2.09. The number of hydrogen-bond acceptors (Lipinski definition) is 1. The fraction of sp³-hybridized carbons (Fsp3) is 0.100. The average molecular weight is 164 g/mol. The summed E-state index contributed by atoms with van der Waals surface area (Å²) in [5.74, 6) is -0.224. The van der Waals surface area contributed by atoms with Crippen LogP contribution in [0.4, 0.5) is 4.39 Å². The van der Waals surface area contributed by atoms with Crippen molar-refractivity contribution in [1.82, 2.24) is 0 Å². The highest BCUT2D eigenvalue weighted by molar-refractivity contribution is 5.73. The third kappa shape index (κ3) is 2.02. The van der Waals surface area contributed by atoms with Gasteiger partial charge in [-0.3, -0.25) is 4.79 Å². The van der Waals surface area contributed by atoms with Gasteiger partial charge in [0.1, 0.15) is 12.1 Å². The molecule has 12 heavy (non-hydrogen) atoms. The molecule has 0 N–H and O–H groups in total. The molecule has 1 aromatic rings. The van der Waals surface area contributed by atoms with Gasteiger partial charge in [-0.05, 0) is 36.3 Å². The SMILES string of the molecule is Cc1cc(/C=C/C=O)ccc1F. The molecule has 1 rings (SSSR count). The van der Waals surface area contributed by atoms with Gasteiger partial charge in [0.05, 0.1) is 0 Å². The molecule has 0 amide bonds. The van der Waals surface area contributed by atoms with Crippen molar-refractivity contribution in [1.29, 1.82) is 0 Å². The first kappa shape index (κ1) is 8.65. The zero-order chi connectivity index (χ0) is 8.97. The second-order valence-corrected chi connectivity index (χ2v) is 2.50. The van der Waals surface area contributed by atoms with Crippen LogP contribution in [0.5, 0.6) is 0 Å². The lowest BCUT2D eigenvalue weighted by atomic mass is 10.1. The molecule has 1 aromatic carbocycles. The van der Waals surface area contributed by atoms with E-state index in [-0.39, 0.29) is 5.82 Å². The number of carbonyl (C=O) groups is 1. The Balaban J connectivity index is 2.96. The van der Waals surface area contributed by atoms with E-state index in [1.807, 2.05) is 0 Å². The number of halogens is 1. The molecular formula is C10H9FO. The first-order valence-electron chi connectivity index (χ1n) is 3.62. The molecule has 0 fully saturated rings. The molecule has 2 heteroatoms. The Labute approximate surface area is 70.5 Å². The van der Waals surface area contributed by atoms with E-state index in [1.54, 1.807) is 25.1 Å². The van der Waals surface area contributed by atoms with Crippen LogP contribution in [0.2, 0.25) is 0 Å². The molecule has 0 bridgehead atoms. The van der Waals surface area contributed by atoms with Crippen LogP contribution in [0, 0.1) is 12.7 Å². The van der Waals surface area contributed by atoms with E-state index in [2.05, 4.69) is 0 Å². The fourth-order valence-corrected chi connectivity index (χ4v) is 0.922. The molecule has 0 radical (unpaired) electrons. The minimum absolute atomic E-state index is 0.224. The van der Waals surface area contributed by atoms with Crippen LogP contribution in [0.15, 0.2) is 24.3 Å². The molecule has 0 aliphatic rings. The van der Waals surface area contributed by atoms with Crippen LogP contribution in [-0.2, 0) is 4.79 Å². The molecule has 62 valence electrons. The van der Waals surface area contributed by atoms with Crippen LogP contribution in [0.3, 0.4) is 0 Å². The van der Waals surface area contributed by atoms with Crippen molar-refractivity contribution in [2.45, 2.75) is 6.92 Å². The molecule has 0 atom stereocenters. The topological polar surface area (TPSA) is 17.1 Å². The summed E-state index contributed by atoms with van der Waals surface area (Å²) in [6.07, 6.45) is 3.71. The van der Waals surface area contributed by atoms with Gasteiger partial charge in [-0.1, -0.05) is 12.1 Å². The van der Waals surface area contributed by atoms with E-state index in [4.69, 9.17) is 0 Å². The highest BCUT2D eigenvalue weighted by atomic mass is 19.1. The van der Waals surface area contributed by atoms with E-state index in [9.17, 15) is 9.18 Å². The lowest BCUT2D eigenvalue weighted by Crippen LogP contribution is -1.82. The molecule has 0 aliphatic carbocycles. The number of rotatable bonds is 2. The summed E-state index contributed by atoms with van der Waals surface area (Å²) in [5.41, 5.74) is 1.42. The third-order valence-electron chi connectivity index (χ3n) is 1.55. The second-order valence-electron chi connectivity index (χ2n) is 2.50. The van der Waals surface area contributed by atoms with Gasteiger partial charge in [0.2, 0.25) is 0 Å². The van der Waals surface area contributed by atoms with Gasteiger partial charge in [0.15, 0.2) is 0 Å². The Hall–Kier alpha value is -1.44. The standard InChI is InChI=1S/C10H9FO/c1-8-7-9(3-2-6-12)4-5-10(8)11/h2-7H,1H3/b3-2+. The van der Waals surface area contributed by atoms with E-state index in [0.29, 0.717) is 11.8 Å². The number of benzene rings is 1. The van der Waals surface area contributed by atoms with E-state index in [0.717, 1.165) is 5.56 Å². The quantitative estimate of drug-likeness (QED) is 0.484. The van der Waals surface area contributed by atoms with Crippen LogP contribution in [-0.4, -0.2) is 6.29 Å². The van der Waals surface area contributed by atoms with Gasteiger partial charge < -0.3 is 0 Å². The first-order chi connectivity index (χ1) is 5.74. The normalized spacial score (nSPS) is 10.5. The summed E-state index contributed by atoms with van der Waals surface area (Å²) in [5, 5.41) is 0. The van der Waals surface area contributed by atoms with Gasteiger partial charge in [0.25, 0.3) is 0 Å². The summed E-state index contributed by atoms with van der Waals surface area (Å²) in [6, 6.07) is 4.71. The van der Waals surface area contributed by atoms with Gasteiger partial charge in [-0.25, -0.2) is 4.39 Å². The first-order valence-corrected chi connectivity index (χ1v) is 3.62. The van der Waals surface area contributed by atoms with Crippen LogP contribution in [0.1, 0.15) is 11.1 Å². The molecule has 0 saturated carbocycles. The van der Waals surface area contributed by atoms with Crippen molar-refractivity contribution in [3.8, 4) is 0 Å². The maximum absolute atomic E-state index is 12.7. The summed E-state index contributed by atoms with van der Waals surface area (Å²) in [4.78, 5) is 9.97. The number of hydrogen-bond donors (Lipinski definition) is 0. The summed E-state index contributed by atoms with van der Waals surface area (Å²) < 4.78 is 12.7. The monoisotopic (exact) mass is 164 g/mol. The summed E-state index contributed by atoms with van der Waals surface area (Å²) in [6.45, 7) is 1.69. The van der Waals surface area contributed by atoms with Crippen molar-refractivity contribution in [3.05, 3.63) is 41.2 Å². The number of aldehydes is 1. The zero-order valence-electron chi connectivity index (χ0n) is 6.75. The van der Waals surface area contributed by atoms with E-state index >= 15 is 0 Å². The van der Waals surface area contributed by atoms with Gasteiger partial charge >= 0.3 is 0 Å². The highest BCUT2D eigenvalue weighted by Gasteiger charge is 1.95. The Morgan fingerprint density at radius 1 is 1.42 bits per heavy atom. The Bertz CT molecular complexity index is 316. The van der Waals surface area contributed by atoms with Gasteiger partial charge in [0, 0.05) is 0 Å². The minimum atomic E-state index is -0.224. The smallest absolute Gasteiger partial charge is 0.142 e. The number of aryl methyl sites for hydroxylation is 1.